The average Bonchev–Trinajstić information content (AvgIpc) is 2.28. The highest BCUT2D eigenvalue weighted by atomic mass is 35.5. The largest absolute Gasteiger partial charge is 0.496 e. The van der Waals surface area contributed by atoms with Gasteiger partial charge >= 0.3 is 0 Å². The molecule has 0 saturated carbocycles. The van der Waals surface area contributed by atoms with E-state index in [0.717, 1.165) is 11.3 Å². The summed E-state index contributed by atoms with van der Waals surface area (Å²) in [5, 5.41) is 8.92. The maximum atomic E-state index is 8.92. The number of hydrogen-bond donors (Lipinski definition) is 2. The van der Waals surface area contributed by atoms with E-state index in [-0.39, 0.29) is 25.1 Å². The Morgan fingerprint density at radius 1 is 1.35 bits per heavy atom. The molecule has 0 aliphatic rings. The van der Waals surface area contributed by atoms with E-state index in [2.05, 4.69) is 26.0 Å². The lowest BCUT2D eigenvalue weighted by Gasteiger charge is -2.17. The molecular weight excluding hydrogens is 238 g/mol. The van der Waals surface area contributed by atoms with Gasteiger partial charge in [0.2, 0.25) is 0 Å². The summed E-state index contributed by atoms with van der Waals surface area (Å²) in [5.74, 6) is 1.26. The van der Waals surface area contributed by atoms with Crippen LogP contribution in [-0.2, 0) is 0 Å². The quantitative estimate of drug-likeness (QED) is 0.855. The normalized spacial score (nSPS) is 12.1. The first-order valence-electron chi connectivity index (χ1n) is 5.64. The Bertz CT molecular complexity index is 342. The maximum Gasteiger partial charge on any atom is 0.123 e. The molecule has 0 spiro atoms. The minimum Gasteiger partial charge on any atom is -0.496 e. The smallest absolute Gasteiger partial charge is 0.123 e. The molecule has 0 amide bonds. The van der Waals surface area contributed by atoms with E-state index >= 15 is 0 Å². The topological polar surface area (TPSA) is 55.5 Å². The van der Waals surface area contributed by atoms with Crippen molar-refractivity contribution in [3.63, 3.8) is 0 Å². The summed E-state index contributed by atoms with van der Waals surface area (Å²) in [6, 6.07) is 5.91. The maximum absolute atomic E-state index is 8.92. The van der Waals surface area contributed by atoms with Crippen LogP contribution in [-0.4, -0.2) is 18.8 Å². The monoisotopic (exact) mass is 259 g/mol. The van der Waals surface area contributed by atoms with Crippen molar-refractivity contribution in [3.8, 4) is 5.75 Å². The van der Waals surface area contributed by atoms with Gasteiger partial charge in [0.25, 0.3) is 0 Å². The molecule has 17 heavy (non-hydrogen) atoms. The van der Waals surface area contributed by atoms with Crippen LogP contribution in [0.1, 0.15) is 43.4 Å². The van der Waals surface area contributed by atoms with Crippen molar-refractivity contribution in [3.05, 3.63) is 29.3 Å². The fourth-order valence-corrected chi connectivity index (χ4v) is 1.70. The van der Waals surface area contributed by atoms with Crippen LogP contribution in [0.2, 0.25) is 0 Å². The number of aliphatic hydroxyl groups excluding tert-OH is 1. The Morgan fingerprint density at radius 2 is 2.00 bits per heavy atom. The molecular formula is C13H22ClNO2. The molecule has 0 saturated heterocycles. The zero-order chi connectivity index (χ0) is 12.1. The molecule has 1 aromatic rings. The van der Waals surface area contributed by atoms with Gasteiger partial charge in [0.05, 0.1) is 7.11 Å². The number of aliphatic hydroxyl groups is 1. The third-order valence-corrected chi connectivity index (χ3v) is 2.76. The zero-order valence-corrected chi connectivity index (χ0v) is 11.5. The molecule has 4 heteroatoms. The minimum atomic E-state index is -0.168. The molecule has 1 rings (SSSR count). The first-order chi connectivity index (χ1) is 7.60. The van der Waals surface area contributed by atoms with E-state index in [9.17, 15) is 0 Å². The molecule has 1 aromatic carbocycles. The van der Waals surface area contributed by atoms with Gasteiger partial charge < -0.3 is 15.6 Å². The highest BCUT2D eigenvalue weighted by molar-refractivity contribution is 5.85. The molecule has 1 atom stereocenters. The third-order valence-electron chi connectivity index (χ3n) is 2.76. The molecule has 0 fully saturated rings. The summed E-state index contributed by atoms with van der Waals surface area (Å²) >= 11 is 0. The Hall–Kier alpha value is -0.770. The molecule has 98 valence electrons. The molecule has 0 aromatic heterocycles. The summed E-state index contributed by atoms with van der Waals surface area (Å²) in [5.41, 5.74) is 8.23. The van der Waals surface area contributed by atoms with Crippen LogP contribution in [0.15, 0.2) is 18.2 Å². The van der Waals surface area contributed by atoms with Crippen LogP contribution in [0.25, 0.3) is 0 Å². The zero-order valence-electron chi connectivity index (χ0n) is 10.6. The number of rotatable bonds is 5. The van der Waals surface area contributed by atoms with Crippen molar-refractivity contribution >= 4 is 12.4 Å². The van der Waals surface area contributed by atoms with Crippen LogP contribution < -0.4 is 10.5 Å². The van der Waals surface area contributed by atoms with E-state index in [4.69, 9.17) is 15.6 Å². The Balaban J connectivity index is 0.00000256. The van der Waals surface area contributed by atoms with E-state index in [0.29, 0.717) is 12.3 Å². The third kappa shape index (κ3) is 4.19. The van der Waals surface area contributed by atoms with Gasteiger partial charge in [-0.3, -0.25) is 0 Å². The fraction of sp³-hybridized carbons (Fsp3) is 0.538. The summed E-state index contributed by atoms with van der Waals surface area (Å²) in [7, 11) is 1.64. The first kappa shape index (κ1) is 16.2. The molecule has 3 N–H and O–H groups in total. The highest BCUT2D eigenvalue weighted by Crippen LogP contribution is 2.29. The van der Waals surface area contributed by atoms with Crippen molar-refractivity contribution in [2.45, 2.75) is 32.2 Å². The van der Waals surface area contributed by atoms with E-state index in [1.165, 1.54) is 5.56 Å². The summed E-state index contributed by atoms with van der Waals surface area (Å²) < 4.78 is 5.29. The van der Waals surface area contributed by atoms with Crippen molar-refractivity contribution in [1.29, 1.82) is 0 Å². The SMILES string of the molecule is COc1ccc(C(C)C)cc1[C@@H](N)CCO.Cl. The second kappa shape index (κ2) is 7.54. The lowest BCUT2D eigenvalue weighted by atomic mass is 9.96. The van der Waals surface area contributed by atoms with Gasteiger partial charge in [-0.1, -0.05) is 26.0 Å². The van der Waals surface area contributed by atoms with Gasteiger partial charge in [-0.2, -0.15) is 0 Å². The van der Waals surface area contributed by atoms with Crippen LogP contribution in [0.4, 0.5) is 0 Å². The highest BCUT2D eigenvalue weighted by Gasteiger charge is 2.13. The van der Waals surface area contributed by atoms with E-state index in [1.807, 2.05) is 6.07 Å². The van der Waals surface area contributed by atoms with Crippen LogP contribution >= 0.6 is 12.4 Å². The van der Waals surface area contributed by atoms with Crippen molar-refractivity contribution in [2.75, 3.05) is 13.7 Å². The van der Waals surface area contributed by atoms with Gasteiger partial charge in [-0.25, -0.2) is 0 Å². The molecule has 0 unspecified atom stereocenters. The number of methoxy groups -OCH3 is 1. The second-order valence-corrected chi connectivity index (χ2v) is 4.27. The summed E-state index contributed by atoms with van der Waals surface area (Å²) in [4.78, 5) is 0. The lowest BCUT2D eigenvalue weighted by Crippen LogP contribution is -2.13. The van der Waals surface area contributed by atoms with Gasteiger partial charge in [0.15, 0.2) is 0 Å². The van der Waals surface area contributed by atoms with Crippen LogP contribution in [0.3, 0.4) is 0 Å². The molecule has 0 radical (unpaired) electrons. The predicted octanol–water partition coefficient (Wildman–Crippen LogP) is 2.62. The van der Waals surface area contributed by atoms with Gasteiger partial charge in [-0.05, 0) is 24.0 Å². The molecule has 3 nitrogen and oxygen atoms in total. The van der Waals surface area contributed by atoms with Crippen molar-refractivity contribution in [2.24, 2.45) is 5.73 Å². The predicted molar refractivity (Wildman–Crippen MR) is 73.0 cm³/mol. The fourth-order valence-electron chi connectivity index (χ4n) is 1.70. The van der Waals surface area contributed by atoms with E-state index in [1.54, 1.807) is 7.11 Å². The van der Waals surface area contributed by atoms with Crippen molar-refractivity contribution < 1.29 is 9.84 Å². The molecule has 0 aliphatic carbocycles. The Kier molecular flexibility index (Phi) is 7.19. The first-order valence-corrected chi connectivity index (χ1v) is 5.64. The van der Waals surface area contributed by atoms with Crippen molar-refractivity contribution in [1.82, 2.24) is 0 Å². The van der Waals surface area contributed by atoms with Crippen LogP contribution in [0.5, 0.6) is 5.75 Å². The number of ether oxygens (including phenoxy) is 1. The molecule has 0 bridgehead atoms. The number of hydrogen-bond acceptors (Lipinski definition) is 3. The minimum absolute atomic E-state index is 0. The average molecular weight is 260 g/mol. The number of halogens is 1. The van der Waals surface area contributed by atoms with Gasteiger partial charge in [0, 0.05) is 18.2 Å². The van der Waals surface area contributed by atoms with Gasteiger partial charge in [-0.15, -0.1) is 12.4 Å². The standard InChI is InChI=1S/C13H21NO2.ClH/c1-9(2)10-4-5-13(16-3)11(8-10)12(14)6-7-15;/h4-5,8-9,12,15H,6-7,14H2,1-3H3;1H/t12-;/m0./s1. The van der Waals surface area contributed by atoms with E-state index < -0.39 is 0 Å². The van der Waals surface area contributed by atoms with Crippen LogP contribution in [0, 0.1) is 0 Å². The summed E-state index contributed by atoms with van der Waals surface area (Å²) in [6.45, 7) is 4.38. The second-order valence-electron chi connectivity index (χ2n) is 4.27. The van der Waals surface area contributed by atoms with Gasteiger partial charge in [0.1, 0.15) is 5.75 Å². The lowest BCUT2D eigenvalue weighted by molar-refractivity contribution is 0.275. The Labute approximate surface area is 109 Å². The molecule has 0 aliphatic heterocycles. The number of nitrogens with two attached hydrogens (primary N) is 1. The molecule has 0 heterocycles. The Morgan fingerprint density at radius 3 is 2.47 bits per heavy atom. The number of benzene rings is 1. The summed E-state index contributed by atoms with van der Waals surface area (Å²) in [6.07, 6.45) is 0.553.